The van der Waals surface area contributed by atoms with Crippen molar-refractivity contribution in [3.8, 4) is 0 Å². The molecule has 1 fully saturated rings. The quantitative estimate of drug-likeness (QED) is 0.769. The number of carbonyl (C=O) groups excluding carboxylic acids is 3. The summed E-state index contributed by atoms with van der Waals surface area (Å²) in [6.07, 6.45) is 1.13. The van der Waals surface area contributed by atoms with Gasteiger partial charge in [-0.15, -0.1) is 0 Å². The van der Waals surface area contributed by atoms with E-state index in [1.807, 2.05) is 6.07 Å². The maximum atomic E-state index is 12.1. The Balaban J connectivity index is 1.73. The number of amides is 2. The third kappa shape index (κ3) is 5.77. The summed E-state index contributed by atoms with van der Waals surface area (Å²) in [5.41, 5.74) is 1.34. The summed E-state index contributed by atoms with van der Waals surface area (Å²) in [5.74, 6) is -0.121. The van der Waals surface area contributed by atoms with Crippen molar-refractivity contribution < 1.29 is 19.1 Å². The number of piperidine rings is 1. The molecule has 7 heteroatoms. The van der Waals surface area contributed by atoms with Crippen LogP contribution in [0.3, 0.4) is 0 Å². The largest absolute Gasteiger partial charge is 0.450 e. The maximum Gasteiger partial charge on any atom is 0.409 e. The molecule has 0 aliphatic carbocycles. The fourth-order valence-corrected chi connectivity index (χ4v) is 2.73. The van der Waals surface area contributed by atoms with Gasteiger partial charge in [0.05, 0.1) is 13.2 Å². The minimum Gasteiger partial charge on any atom is -0.450 e. The van der Waals surface area contributed by atoms with Crippen molar-refractivity contribution in [2.45, 2.75) is 32.7 Å². The van der Waals surface area contributed by atoms with Gasteiger partial charge in [-0.25, -0.2) is 4.79 Å². The van der Waals surface area contributed by atoms with Crippen LogP contribution in [0.15, 0.2) is 24.3 Å². The molecule has 1 aliphatic heterocycles. The van der Waals surface area contributed by atoms with Crippen LogP contribution in [-0.2, 0) is 9.53 Å². The number of Topliss-reactive ketones (excluding diaryl/α,β-unsaturated/α-hetero) is 1. The topological polar surface area (TPSA) is 87.7 Å². The highest BCUT2D eigenvalue weighted by Gasteiger charge is 2.24. The number of nitrogens with one attached hydrogen (secondary N) is 2. The smallest absolute Gasteiger partial charge is 0.409 e. The first-order chi connectivity index (χ1) is 12.0. The summed E-state index contributed by atoms with van der Waals surface area (Å²) in [6, 6.07) is 7.13. The molecule has 1 aromatic rings. The SMILES string of the molecule is CCOC(=O)N1CCC(NC(=O)CNc2cccc(C(C)=O)c2)CC1. The summed E-state index contributed by atoms with van der Waals surface area (Å²) in [7, 11) is 0. The van der Waals surface area contributed by atoms with Gasteiger partial charge in [0.1, 0.15) is 0 Å². The third-order valence-corrected chi connectivity index (χ3v) is 4.11. The molecule has 0 bridgehead atoms. The van der Waals surface area contributed by atoms with Crippen molar-refractivity contribution in [2.24, 2.45) is 0 Å². The molecule has 1 saturated heterocycles. The predicted molar refractivity (Wildman–Crippen MR) is 94.7 cm³/mol. The minimum atomic E-state index is -0.292. The summed E-state index contributed by atoms with van der Waals surface area (Å²) >= 11 is 0. The number of ketones is 1. The molecule has 136 valence electrons. The van der Waals surface area contributed by atoms with Crippen LogP contribution in [0.4, 0.5) is 10.5 Å². The molecule has 1 aliphatic rings. The zero-order valence-electron chi connectivity index (χ0n) is 14.7. The molecule has 0 aromatic heterocycles. The highest BCUT2D eigenvalue weighted by Crippen LogP contribution is 2.12. The third-order valence-electron chi connectivity index (χ3n) is 4.11. The van der Waals surface area contributed by atoms with Crippen molar-refractivity contribution in [3.05, 3.63) is 29.8 Å². The first-order valence-electron chi connectivity index (χ1n) is 8.55. The van der Waals surface area contributed by atoms with E-state index in [0.29, 0.717) is 38.1 Å². The minimum absolute atomic E-state index is 0.0125. The fourth-order valence-electron chi connectivity index (χ4n) is 2.73. The Hall–Kier alpha value is -2.57. The zero-order valence-corrected chi connectivity index (χ0v) is 14.7. The van der Waals surface area contributed by atoms with Crippen LogP contribution in [-0.4, -0.2) is 55.0 Å². The van der Waals surface area contributed by atoms with Gasteiger partial charge >= 0.3 is 6.09 Å². The van der Waals surface area contributed by atoms with Crippen LogP contribution in [0, 0.1) is 0 Å². The molecule has 25 heavy (non-hydrogen) atoms. The molecule has 2 amide bonds. The molecule has 2 rings (SSSR count). The summed E-state index contributed by atoms with van der Waals surface area (Å²) in [6.45, 7) is 4.96. The van der Waals surface area contributed by atoms with Crippen molar-refractivity contribution in [3.63, 3.8) is 0 Å². The lowest BCUT2D eigenvalue weighted by molar-refractivity contribution is -0.120. The number of likely N-dealkylation sites (tertiary alicyclic amines) is 1. The first-order valence-corrected chi connectivity index (χ1v) is 8.55. The van der Waals surface area contributed by atoms with E-state index in [9.17, 15) is 14.4 Å². The van der Waals surface area contributed by atoms with E-state index >= 15 is 0 Å². The molecule has 0 spiro atoms. The maximum absolute atomic E-state index is 12.1. The van der Waals surface area contributed by atoms with E-state index in [0.717, 1.165) is 5.69 Å². The highest BCUT2D eigenvalue weighted by atomic mass is 16.6. The second-order valence-corrected chi connectivity index (χ2v) is 6.02. The Labute approximate surface area is 147 Å². The van der Waals surface area contributed by atoms with E-state index in [-0.39, 0.29) is 30.4 Å². The Bertz CT molecular complexity index is 625. The van der Waals surface area contributed by atoms with Gasteiger partial charge in [0.25, 0.3) is 0 Å². The zero-order chi connectivity index (χ0) is 18.2. The summed E-state index contributed by atoms with van der Waals surface area (Å²) in [5, 5.41) is 6.00. The van der Waals surface area contributed by atoms with Gasteiger partial charge < -0.3 is 20.3 Å². The van der Waals surface area contributed by atoms with Crippen LogP contribution in [0.2, 0.25) is 0 Å². The highest BCUT2D eigenvalue weighted by molar-refractivity contribution is 5.95. The lowest BCUT2D eigenvalue weighted by Crippen LogP contribution is -2.47. The molecule has 0 atom stereocenters. The average Bonchev–Trinajstić information content (AvgIpc) is 2.61. The molecule has 0 saturated carbocycles. The Kier molecular flexibility index (Phi) is 6.80. The number of anilines is 1. The van der Waals surface area contributed by atoms with E-state index in [1.165, 1.54) is 6.92 Å². The predicted octanol–water partition coefficient (Wildman–Crippen LogP) is 2.04. The van der Waals surface area contributed by atoms with Gasteiger partial charge in [-0.1, -0.05) is 12.1 Å². The Morgan fingerprint density at radius 3 is 2.60 bits per heavy atom. The number of nitrogens with zero attached hydrogens (tertiary/aromatic N) is 1. The van der Waals surface area contributed by atoms with Crippen molar-refractivity contribution in [1.82, 2.24) is 10.2 Å². The molecule has 7 nitrogen and oxygen atoms in total. The van der Waals surface area contributed by atoms with Gasteiger partial charge in [0.15, 0.2) is 5.78 Å². The number of ether oxygens (including phenoxy) is 1. The van der Waals surface area contributed by atoms with E-state index in [1.54, 1.807) is 30.0 Å². The van der Waals surface area contributed by atoms with E-state index < -0.39 is 0 Å². The molecule has 1 aromatic carbocycles. The Morgan fingerprint density at radius 2 is 1.96 bits per heavy atom. The number of rotatable bonds is 6. The Morgan fingerprint density at radius 1 is 1.24 bits per heavy atom. The molecule has 2 N–H and O–H groups in total. The van der Waals surface area contributed by atoms with E-state index in [4.69, 9.17) is 4.74 Å². The van der Waals surface area contributed by atoms with Gasteiger partial charge in [0.2, 0.25) is 5.91 Å². The lowest BCUT2D eigenvalue weighted by atomic mass is 10.1. The molecular formula is C18H25N3O4. The molecule has 0 unspecified atom stereocenters. The standard InChI is InChI=1S/C18H25N3O4/c1-3-25-18(24)21-9-7-15(8-10-21)20-17(23)12-19-16-6-4-5-14(11-16)13(2)22/h4-6,11,15,19H,3,7-10,12H2,1-2H3,(H,20,23). The monoisotopic (exact) mass is 347 g/mol. The van der Waals surface area contributed by atoms with Crippen LogP contribution in [0.5, 0.6) is 0 Å². The van der Waals surface area contributed by atoms with Crippen LogP contribution in [0.1, 0.15) is 37.0 Å². The van der Waals surface area contributed by atoms with Crippen molar-refractivity contribution in [2.75, 3.05) is 31.6 Å². The fraction of sp³-hybridized carbons (Fsp3) is 0.500. The lowest BCUT2D eigenvalue weighted by Gasteiger charge is -2.31. The number of hydrogen-bond acceptors (Lipinski definition) is 5. The second-order valence-electron chi connectivity index (χ2n) is 6.02. The average molecular weight is 347 g/mol. The number of carbonyl (C=O) groups is 3. The first kappa shape index (κ1) is 18.8. The second kappa shape index (κ2) is 9.05. The normalized spacial score (nSPS) is 14.7. The molecular weight excluding hydrogens is 322 g/mol. The van der Waals surface area contributed by atoms with Crippen LogP contribution in [0.25, 0.3) is 0 Å². The van der Waals surface area contributed by atoms with Gasteiger partial charge in [-0.05, 0) is 38.8 Å². The van der Waals surface area contributed by atoms with Crippen LogP contribution < -0.4 is 10.6 Å². The van der Waals surface area contributed by atoms with E-state index in [2.05, 4.69) is 10.6 Å². The van der Waals surface area contributed by atoms with Gasteiger partial charge in [0, 0.05) is 30.4 Å². The van der Waals surface area contributed by atoms with Crippen molar-refractivity contribution in [1.29, 1.82) is 0 Å². The summed E-state index contributed by atoms with van der Waals surface area (Å²) < 4.78 is 4.98. The summed E-state index contributed by atoms with van der Waals surface area (Å²) in [4.78, 5) is 36.8. The van der Waals surface area contributed by atoms with Crippen LogP contribution >= 0.6 is 0 Å². The molecule has 1 heterocycles. The number of hydrogen-bond donors (Lipinski definition) is 2. The van der Waals surface area contributed by atoms with Gasteiger partial charge in [-0.2, -0.15) is 0 Å². The van der Waals surface area contributed by atoms with Crippen molar-refractivity contribution >= 4 is 23.5 Å². The number of benzene rings is 1. The molecule has 0 radical (unpaired) electrons. The van der Waals surface area contributed by atoms with Gasteiger partial charge in [-0.3, -0.25) is 9.59 Å².